The Bertz CT molecular complexity index is 48.3. The van der Waals surface area contributed by atoms with Gasteiger partial charge in [0.1, 0.15) is 0 Å². The topological polar surface area (TPSA) is 0 Å². The van der Waals surface area contributed by atoms with Crippen molar-refractivity contribution in [3.63, 3.8) is 0 Å². The lowest BCUT2D eigenvalue weighted by Crippen LogP contribution is -1.71. The van der Waals surface area contributed by atoms with E-state index in [2.05, 4.69) is 41.2 Å². The average Bonchev–Trinajstić information content (AvgIpc) is 1.65. The normalized spacial score (nSPS) is 8.78. The van der Waals surface area contributed by atoms with Crippen LogP contribution in [0.3, 0.4) is 0 Å². The van der Waals surface area contributed by atoms with Crippen molar-refractivity contribution in [2.45, 2.75) is 34.6 Å². The van der Waals surface area contributed by atoms with Crippen molar-refractivity contribution in [1.29, 1.82) is 0 Å². The van der Waals surface area contributed by atoms with Crippen LogP contribution in [0, 0.1) is 11.8 Å². The molecule has 56 valence electrons. The fourth-order valence-electron chi connectivity index (χ4n) is 0. The van der Waals surface area contributed by atoms with Crippen LogP contribution in [0.15, 0.2) is 12.7 Å². The van der Waals surface area contributed by atoms with E-state index < -0.39 is 0 Å². The highest BCUT2D eigenvalue weighted by atomic mass is 13.8. The highest BCUT2D eigenvalue weighted by molar-refractivity contribution is 4.69. The summed E-state index contributed by atoms with van der Waals surface area (Å²) in [5, 5.41) is 0. The predicted molar refractivity (Wildman–Crippen MR) is 45.5 cm³/mol. The van der Waals surface area contributed by atoms with Crippen LogP contribution in [0.5, 0.6) is 0 Å². The summed E-state index contributed by atoms with van der Waals surface area (Å²) in [5.74, 6) is 1.48. The second kappa shape index (κ2) is 7.74. The molecular formula is C9H20. The molecule has 0 nitrogen and oxygen atoms in total. The van der Waals surface area contributed by atoms with Gasteiger partial charge in [0.2, 0.25) is 0 Å². The monoisotopic (exact) mass is 128 g/mol. The first kappa shape index (κ1) is 11.5. The van der Waals surface area contributed by atoms with Gasteiger partial charge in [0.15, 0.2) is 0 Å². The number of hydrogen-bond acceptors (Lipinski definition) is 0. The van der Waals surface area contributed by atoms with Crippen LogP contribution in [-0.4, -0.2) is 0 Å². The number of hydrogen-bond donors (Lipinski definition) is 0. The van der Waals surface area contributed by atoms with E-state index in [0.717, 1.165) is 5.92 Å². The van der Waals surface area contributed by atoms with Crippen molar-refractivity contribution in [3.8, 4) is 0 Å². The van der Waals surface area contributed by atoms with E-state index in [1.807, 2.05) is 6.08 Å². The first-order valence-corrected chi connectivity index (χ1v) is 3.63. The molecule has 0 rings (SSSR count). The fourth-order valence-corrected chi connectivity index (χ4v) is 0. The molecule has 0 aliphatic carbocycles. The van der Waals surface area contributed by atoms with Gasteiger partial charge in [0.05, 0.1) is 0 Å². The van der Waals surface area contributed by atoms with Gasteiger partial charge in [-0.3, -0.25) is 0 Å². The summed E-state index contributed by atoms with van der Waals surface area (Å²) in [7, 11) is 0. The maximum absolute atomic E-state index is 3.56. The molecule has 0 aromatic carbocycles. The molecule has 0 bridgehead atoms. The third kappa shape index (κ3) is 84.2. The Morgan fingerprint density at radius 3 is 1.11 bits per heavy atom. The largest absolute Gasteiger partial charge is 0.103 e. The van der Waals surface area contributed by atoms with Crippen molar-refractivity contribution < 1.29 is 0 Å². The second-order valence-corrected chi connectivity index (χ2v) is 3.21. The molecule has 0 fully saturated rings. The summed E-state index contributed by atoms with van der Waals surface area (Å²) < 4.78 is 0. The van der Waals surface area contributed by atoms with Gasteiger partial charge in [-0.2, -0.15) is 0 Å². The van der Waals surface area contributed by atoms with Crippen LogP contribution in [0.2, 0.25) is 0 Å². The molecule has 0 amide bonds. The van der Waals surface area contributed by atoms with Gasteiger partial charge in [-0.1, -0.05) is 40.7 Å². The molecule has 0 aromatic heterocycles. The van der Waals surface area contributed by atoms with Crippen molar-refractivity contribution >= 4 is 0 Å². The first-order chi connectivity index (χ1) is 4.00. The van der Waals surface area contributed by atoms with Gasteiger partial charge in [-0.05, 0) is 11.8 Å². The molecule has 0 unspecified atom stereocenters. The minimum atomic E-state index is 0.648. The molecule has 0 N–H and O–H groups in total. The minimum absolute atomic E-state index is 0.648. The predicted octanol–water partition coefficient (Wildman–Crippen LogP) is 3.49. The lowest BCUT2D eigenvalue weighted by atomic mass is 10.2. The Kier molecular flexibility index (Phi) is 9.91. The smallest absolute Gasteiger partial charge is 0.0293 e. The summed E-state index contributed by atoms with van der Waals surface area (Å²) >= 11 is 0. The van der Waals surface area contributed by atoms with Gasteiger partial charge >= 0.3 is 0 Å². The minimum Gasteiger partial charge on any atom is -0.103 e. The molecule has 0 heteroatoms. The molecule has 0 atom stereocenters. The average molecular weight is 128 g/mol. The van der Waals surface area contributed by atoms with Crippen LogP contribution in [-0.2, 0) is 0 Å². The Hall–Kier alpha value is -0.260. The summed E-state index contributed by atoms with van der Waals surface area (Å²) in [6.07, 6.45) is 1.92. The van der Waals surface area contributed by atoms with E-state index in [4.69, 9.17) is 0 Å². The van der Waals surface area contributed by atoms with Gasteiger partial charge in [0, 0.05) is 0 Å². The van der Waals surface area contributed by atoms with E-state index in [1.165, 1.54) is 0 Å². The molecular weight excluding hydrogens is 108 g/mol. The Morgan fingerprint density at radius 2 is 1.11 bits per heavy atom. The fraction of sp³-hybridized carbons (Fsp3) is 0.778. The molecule has 0 spiro atoms. The van der Waals surface area contributed by atoms with E-state index in [-0.39, 0.29) is 0 Å². The van der Waals surface area contributed by atoms with E-state index in [1.54, 1.807) is 0 Å². The van der Waals surface area contributed by atoms with Crippen LogP contribution >= 0.6 is 0 Å². The van der Waals surface area contributed by atoms with E-state index in [9.17, 15) is 0 Å². The van der Waals surface area contributed by atoms with Gasteiger partial charge in [0.25, 0.3) is 0 Å². The highest BCUT2D eigenvalue weighted by Gasteiger charge is 1.73. The molecule has 0 saturated carbocycles. The molecule has 9 heavy (non-hydrogen) atoms. The molecule has 0 aliphatic heterocycles. The highest BCUT2D eigenvalue weighted by Crippen LogP contribution is 1.87. The van der Waals surface area contributed by atoms with Crippen molar-refractivity contribution in [2.75, 3.05) is 0 Å². The molecule has 0 aliphatic rings. The van der Waals surface area contributed by atoms with Crippen molar-refractivity contribution in [3.05, 3.63) is 12.7 Å². The summed E-state index contributed by atoms with van der Waals surface area (Å²) in [4.78, 5) is 0. The zero-order valence-electron chi connectivity index (χ0n) is 7.44. The maximum atomic E-state index is 3.56. The lowest BCUT2D eigenvalue weighted by Gasteiger charge is -1.84. The van der Waals surface area contributed by atoms with Gasteiger partial charge in [-0.25, -0.2) is 0 Å². The zero-order chi connectivity index (χ0) is 7.86. The standard InChI is InChI=1S/C5H10.C4H10/c1-4-5(2)3;1-4(2)3/h4-5H,1H2,2-3H3;4H,1-3H3. The van der Waals surface area contributed by atoms with Crippen LogP contribution in [0.1, 0.15) is 34.6 Å². The van der Waals surface area contributed by atoms with E-state index in [0.29, 0.717) is 5.92 Å². The first-order valence-electron chi connectivity index (χ1n) is 3.63. The molecule has 0 heterocycles. The number of rotatable bonds is 1. The van der Waals surface area contributed by atoms with Crippen LogP contribution in [0.25, 0.3) is 0 Å². The molecule has 0 aromatic rings. The van der Waals surface area contributed by atoms with Gasteiger partial charge < -0.3 is 0 Å². The molecule has 0 saturated heterocycles. The summed E-state index contributed by atoms with van der Waals surface area (Å²) in [5.41, 5.74) is 0. The summed E-state index contributed by atoms with van der Waals surface area (Å²) in [6.45, 7) is 14.3. The lowest BCUT2D eigenvalue weighted by molar-refractivity contribution is 0.737. The van der Waals surface area contributed by atoms with Crippen LogP contribution < -0.4 is 0 Å². The van der Waals surface area contributed by atoms with E-state index >= 15 is 0 Å². The van der Waals surface area contributed by atoms with Crippen molar-refractivity contribution in [1.82, 2.24) is 0 Å². The Balaban J connectivity index is 0. The SMILES string of the molecule is C=CC(C)C.CC(C)C. The third-order valence-corrected chi connectivity index (χ3v) is 0.471. The summed E-state index contributed by atoms with van der Waals surface area (Å²) in [6, 6.07) is 0. The second-order valence-electron chi connectivity index (χ2n) is 3.21. The third-order valence-electron chi connectivity index (χ3n) is 0.471. The van der Waals surface area contributed by atoms with Crippen LogP contribution in [0.4, 0.5) is 0 Å². The molecule has 0 radical (unpaired) electrons. The number of allylic oxidation sites excluding steroid dienone is 1. The van der Waals surface area contributed by atoms with Gasteiger partial charge in [-0.15, -0.1) is 6.58 Å². The maximum Gasteiger partial charge on any atom is -0.0293 e. The quantitative estimate of drug-likeness (QED) is 0.474. The Morgan fingerprint density at radius 1 is 1.00 bits per heavy atom. The van der Waals surface area contributed by atoms with Crippen molar-refractivity contribution in [2.24, 2.45) is 11.8 Å². The Labute approximate surface area is 60.0 Å². The zero-order valence-corrected chi connectivity index (χ0v) is 7.44.